The van der Waals surface area contributed by atoms with E-state index in [1.807, 2.05) is 19.9 Å². The molecular formula is C21H30N2O4. The molecule has 1 aromatic carbocycles. The highest BCUT2D eigenvalue weighted by Crippen LogP contribution is 2.27. The number of nitrogens with zero attached hydrogens (tertiary/aromatic N) is 2. The lowest BCUT2D eigenvalue weighted by Gasteiger charge is -2.20. The van der Waals surface area contributed by atoms with Crippen LogP contribution in [0.1, 0.15) is 70.8 Å². The summed E-state index contributed by atoms with van der Waals surface area (Å²) in [6.07, 6.45) is 3.02. The average Bonchev–Trinajstić information content (AvgIpc) is 3.04. The normalized spacial score (nSPS) is 11.5. The maximum Gasteiger partial charge on any atom is 0.418 e. The average molecular weight is 374 g/mol. The van der Waals surface area contributed by atoms with E-state index in [4.69, 9.17) is 4.74 Å². The molecule has 0 aliphatic heterocycles. The quantitative estimate of drug-likeness (QED) is 0.494. The van der Waals surface area contributed by atoms with Gasteiger partial charge in [0.15, 0.2) is 0 Å². The molecule has 27 heavy (non-hydrogen) atoms. The minimum atomic E-state index is -0.683. The van der Waals surface area contributed by atoms with Gasteiger partial charge in [-0.25, -0.2) is 4.79 Å². The number of benzene rings is 1. The largest absolute Gasteiger partial charge is 0.443 e. The van der Waals surface area contributed by atoms with Gasteiger partial charge in [0.05, 0.1) is 11.1 Å². The van der Waals surface area contributed by atoms with Crippen LogP contribution in [0.4, 0.5) is 4.79 Å². The van der Waals surface area contributed by atoms with Gasteiger partial charge >= 0.3 is 6.09 Å². The van der Waals surface area contributed by atoms with Crippen molar-refractivity contribution in [2.45, 2.75) is 72.4 Å². The van der Waals surface area contributed by atoms with Crippen LogP contribution in [-0.4, -0.2) is 28.1 Å². The van der Waals surface area contributed by atoms with Crippen molar-refractivity contribution in [3.05, 3.63) is 40.4 Å². The Labute approximate surface area is 160 Å². The predicted molar refractivity (Wildman–Crippen MR) is 109 cm³/mol. The Morgan fingerprint density at radius 2 is 1.81 bits per heavy atom. The van der Waals surface area contributed by atoms with Crippen molar-refractivity contribution >= 4 is 23.3 Å². The maximum atomic E-state index is 12.4. The Balaban J connectivity index is 0.00000176. The summed E-state index contributed by atoms with van der Waals surface area (Å²) in [5.41, 5.74) is 0.697. The second kappa shape index (κ2) is 8.93. The molecule has 2 rings (SSSR count). The van der Waals surface area contributed by atoms with Gasteiger partial charge in [-0.1, -0.05) is 19.0 Å². The third-order valence-electron chi connectivity index (χ3n) is 3.90. The van der Waals surface area contributed by atoms with Crippen LogP contribution in [0.3, 0.4) is 0 Å². The second-order valence-corrected chi connectivity index (χ2v) is 7.80. The fraction of sp³-hybridized carbons (Fsp3) is 0.524. The molecule has 148 valence electrons. The molecule has 0 amide bonds. The number of aryl methyl sites for hydroxylation is 1. The third kappa shape index (κ3) is 6.01. The summed E-state index contributed by atoms with van der Waals surface area (Å²) in [6.45, 7) is 12.9. The van der Waals surface area contributed by atoms with Crippen molar-refractivity contribution < 1.29 is 14.3 Å². The number of aldehydes is 1. The molecule has 0 bridgehead atoms. The summed E-state index contributed by atoms with van der Waals surface area (Å²) in [6, 6.07) is 5.28. The fourth-order valence-electron chi connectivity index (χ4n) is 2.57. The summed E-state index contributed by atoms with van der Waals surface area (Å²) in [4.78, 5) is 34.6. The van der Waals surface area contributed by atoms with Gasteiger partial charge in [0, 0.05) is 17.1 Å². The first kappa shape index (κ1) is 22.5. The minimum absolute atomic E-state index is 0.475. The fourth-order valence-corrected chi connectivity index (χ4v) is 2.57. The number of ether oxygens (including phenoxy) is 1. The molecule has 6 nitrogen and oxygen atoms in total. The van der Waals surface area contributed by atoms with Gasteiger partial charge in [-0.15, -0.1) is 0 Å². The molecule has 0 radical (unpaired) electrons. The zero-order valence-corrected chi connectivity index (χ0v) is 17.3. The van der Waals surface area contributed by atoms with E-state index in [9.17, 15) is 14.5 Å². The molecular weight excluding hydrogens is 344 g/mol. The van der Waals surface area contributed by atoms with Gasteiger partial charge in [0.1, 0.15) is 11.9 Å². The van der Waals surface area contributed by atoms with Gasteiger partial charge in [-0.05, 0) is 71.2 Å². The molecule has 0 saturated heterocycles. The SMILES string of the molecule is CC.CC(C)(CCc1cc(C=O)cc2c1ccn2C(=O)OC(C)(C)C)N=O. The first-order valence-corrected chi connectivity index (χ1v) is 9.23. The zero-order chi connectivity index (χ0) is 20.8. The van der Waals surface area contributed by atoms with E-state index in [2.05, 4.69) is 5.18 Å². The number of carbonyl (C=O) groups is 2. The topological polar surface area (TPSA) is 77.7 Å². The highest BCUT2D eigenvalue weighted by Gasteiger charge is 2.22. The molecule has 0 spiro atoms. The molecule has 1 heterocycles. The van der Waals surface area contributed by atoms with Crippen molar-refractivity contribution in [1.82, 2.24) is 4.57 Å². The molecule has 0 aliphatic rings. The van der Waals surface area contributed by atoms with Gasteiger partial charge in [-0.3, -0.25) is 9.36 Å². The van der Waals surface area contributed by atoms with Crippen LogP contribution in [0.25, 0.3) is 10.9 Å². The zero-order valence-electron chi connectivity index (χ0n) is 17.3. The summed E-state index contributed by atoms with van der Waals surface area (Å²) < 4.78 is 6.82. The first-order valence-electron chi connectivity index (χ1n) is 9.23. The minimum Gasteiger partial charge on any atom is -0.443 e. The lowest BCUT2D eigenvalue weighted by atomic mass is 9.94. The molecule has 0 atom stereocenters. The van der Waals surface area contributed by atoms with Crippen molar-refractivity contribution in [3.63, 3.8) is 0 Å². The number of fused-ring (bicyclic) bond motifs is 1. The third-order valence-corrected chi connectivity index (χ3v) is 3.90. The van der Waals surface area contributed by atoms with E-state index in [1.165, 1.54) is 4.57 Å². The van der Waals surface area contributed by atoms with E-state index >= 15 is 0 Å². The molecule has 0 aliphatic carbocycles. The maximum absolute atomic E-state index is 12.4. The highest BCUT2D eigenvalue weighted by atomic mass is 16.6. The van der Waals surface area contributed by atoms with E-state index < -0.39 is 17.2 Å². The summed E-state index contributed by atoms with van der Waals surface area (Å²) in [5.74, 6) is 0. The van der Waals surface area contributed by atoms with E-state index in [0.29, 0.717) is 23.9 Å². The van der Waals surface area contributed by atoms with Crippen LogP contribution in [0, 0.1) is 4.91 Å². The van der Waals surface area contributed by atoms with Gasteiger partial charge in [-0.2, -0.15) is 4.91 Å². The number of carbonyl (C=O) groups excluding carboxylic acids is 2. The lowest BCUT2D eigenvalue weighted by molar-refractivity contribution is 0.0544. The number of hydrogen-bond acceptors (Lipinski definition) is 5. The summed E-state index contributed by atoms with van der Waals surface area (Å²) in [7, 11) is 0. The number of rotatable bonds is 5. The smallest absolute Gasteiger partial charge is 0.418 e. The van der Waals surface area contributed by atoms with Crippen molar-refractivity contribution in [2.24, 2.45) is 5.18 Å². The van der Waals surface area contributed by atoms with E-state index in [1.54, 1.807) is 52.9 Å². The number of hydrogen-bond donors (Lipinski definition) is 0. The number of aromatic nitrogens is 1. The Morgan fingerprint density at radius 1 is 1.19 bits per heavy atom. The molecule has 0 saturated carbocycles. The molecule has 6 heteroatoms. The van der Waals surface area contributed by atoms with E-state index in [-0.39, 0.29) is 0 Å². The number of nitroso groups, excluding NO2 is 1. The van der Waals surface area contributed by atoms with Gasteiger partial charge < -0.3 is 4.74 Å². The second-order valence-electron chi connectivity index (χ2n) is 7.80. The Morgan fingerprint density at radius 3 is 2.33 bits per heavy atom. The highest BCUT2D eigenvalue weighted by molar-refractivity contribution is 5.95. The summed E-state index contributed by atoms with van der Waals surface area (Å²) >= 11 is 0. The van der Waals surface area contributed by atoms with Gasteiger partial charge in [0.2, 0.25) is 0 Å². The molecule has 2 aromatic rings. The van der Waals surface area contributed by atoms with Crippen LogP contribution in [0.15, 0.2) is 29.6 Å². The molecule has 1 aromatic heterocycles. The molecule has 0 unspecified atom stereocenters. The van der Waals surface area contributed by atoms with Crippen LogP contribution in [0.5, 0.6) is 0 Å². The summed E-state index contributed by atoms with van der Waals surface area (Å²) in [5, 5.41) is 3.99. The monoisotopic (exact) mass is 374 g/mol. The van der Waals surface area contributed by atoms with Crippen LogP contribution in [0.2, 0.25) is 0 Å². The Hall–Kier alpha value is -2.50. The van der Waals surface area contributed by atoms with Crippen molar-refractivity contribution in [2.75, 3.05) is 0 Å². The predicted octanol–water partition coefficient (Wildman–Crippen LogP) is 5.74. The first-order chi connectivity index (χ1) is 12.6. The van der Waals surface area contributed by atoms with E-state index in [0.717, 1.165) is 17.2 Å². The van der Waals surface area contributed by atoms with Crippen LogP contribution < -0.4 is 0 Å². The van der Waals surface area contributed by atoms with Crippen molar-refractivity contribution in [1.29, 1.82) is 0 Å². The van der Waals surface area contributed by atoms with Crippen LogP contribution in [-0.2, 0) is 11.2 Å². The molecule has 0 N–H and O–H groups in total. The standard InChI is InChI=1S/C19H24N2O4.C2H6/c1-18(2,3)25-17(23)21-9-7-15-14(6-8-19(4,5)20-24)10-13(12-22)11-16(15)21;1-2/h7,9-12H,6,8H2,1-5H3;1-2H3. The Bertz CT molecular complexity index is 813. The molecule has 0 fully saturated rings. The van der Waals surface area contributed by atoms with Crippen molar-refractivity contribution in [3.8, 4) is 0 Å². The van der Waals surface area contributed by atoms with Crippen LogP contribution >= 0.6 is 0 Å². The van der Waals surface area contributed by atoms with Gasteiger partial charge in [0.25, 0.3) is 0 Å². The Kier molecular flexibility index (Phi) is 7.46. The lowest BCUT2D eigenvalue weighted by Crippen LogP contribution is -2.26.